The number of ether oxygens (including phenoxy) is 1. The van der Waals surface area contributed by atoms with Crippen molar-refractivity contribution in [2.24, 2.45) is 16.6 Å². The molecule has 28 heavy (non-hydrogen) atoms. The van der Waals surface area contributed by atoms with Crippen molar-refractivity contribution >= 4 is 29.9 Å². The van der Waals surface area contributed by atoms with Gasteiger partial charge in [-0.2, -0.15) is 0 Å². The number of nitrogens with zero attached hydrogens (tertiary/aromatic N) is 2. The zero-order chi connectivity index (χ0) is 19.2. The van der Waals surface area contributed by atoms with Crippen molar-refractivity contribution in [1.29, 1.82) is 0 Å². The third-order valence-electron chi connectivity index (χ3n) is 5.21. The first-order valence-electron chi connectivity index (χ1n) is 10.7. The van der Waals surface area contributed by atoms with Crippen LogP contribution in [-0.4, -0.2) is 56.8 Å². The summed E-state index contributed by atoms with van der Waals surface area (Å²) in [4.78, 5) is 6.94. The average molecular weight is 502 g/mol. The van der Waals surface area contributed by atoms with Gasteiger partial charge in [0.25, 0.3) is 0 Å². The Hall–Kier alpha value is -0.860. The van der Waals surface area contributed by atoms with Gasteiger partial charge >= 0.3 is 0 Å². The van der Waals surface area contributed by atoms with Crippen LogP contribution in [0.5, 0.6) is 0 Å². The Kier molecular flexibility index (Phi) is 14.4. The van der Waals surface area contributed by atoms with E-state index >= 15 is 0 Å². The molecule has 1 aliphatic heterocycles. The normalized spacial score (nSPS) is 16.0. The van der Waals surface area contributed by atoms with E-state index in [1.165, 1.54) is 50.9 Å². The maximum atomic E-state index is 5.88. The molecule has 1 aliphatic rings. The third-order valence-corrected chi connectivity index (χ3v) is 5.21. The number of hydrogen-bond donors (Lipinski definition) is 2. The van der Waals surface area contributed by atoms with E-state index in [0.717, 1.165) is 45.1 Å². The van der Waals surface area contributed by atoms with Crippen molar-refractivity contribution in [2.45, 2.75) is 45.4 Å². The predicted molar refractivity (Wildman–Crippen MR) is 130 cm³/mol. The van der Waals surface area contributed by atoms with Crippen LogP contribution >= 0.6 is 24.0 Å². The number of hydrogen-bond acceptors (Lipinski definition) is 3. The lowest BCUT2D eigenvalue weighted by Gasteiger charge is -2.32. The van der Waals surface area contributed by atoms with Crippen molar-refractivity contribution in [2.75, 3.05) is 45.9 Å². The smallest absolute Gasteiger partial charge is 0.188 e. The minimum Gasteiger partial charge on any atom is -0.382 e. The van der Waals surface area contributed by atoms with E-state index < -0.39 is 0 Å². The van der Waals surface area contributed by atoms with Gasteiger partial charge in [0.1, 0.15) is 0 Å². The summed E-state index contributed by atoms with van der Waals surface area (Å²) in [6.45, 7) is 8.86. The van der Waals surface area contributed by atoms with Crippen molar-refractivity contribution < 1.29 is 4.74 Å². The van der Waals surface area contributed by atoms with Gasteiger partial charge < -0.3 is 20.7 Å². The average Bonchev–Trinajstić information content (AvgIpc) is 2.69. The fourth-order valence-electron chi connectivity index (χ4n) is 3.60. The van der Waals surface area contributed by atoms with Gasteiger partial charge in [0.05, 0.1) is 0 Å². The molecular weight excluding hydrogens is 463 g/mol. The summed E-state index contributed by atoms with van der Waals surface area (Å²) < 4.78 is 5.29. The second-order valence-corrected chi connectivity index (χ2v) is 7.43. The second kappa shape index (κ2) is 16.0. The second-order valence-electron chi connectivity index (χ2n) is 7.43. The van der Waals surface area contributed by atoms with Gasteiger partial charge in [-0.3, -0.25) is 4.99 Å². The van der Waals surface area contributed by atoms with E-state index in [2.05, 4.69) is 45.5 Å². The summed E-state index contributed by atoms with van der Waals surface area (Å²) in [6, 6.07) is 10.9. The molecule has 6 heteroatoms. The summed E-state index contributed by atoms with van der Waals surface area (Å²) in [6.07, 6.45) is 7.17. The highest BCUT2D eigenvalue weighted by molar-refractivity contribution is 14.0. The van der Waals surface area contributed by atoms with Gasteiger partial charge in [0.15, 0.2) is 5.96 Å². The molecule has 0 aliphatic carbocycles. The van der Waals surface area contributed by atoms with Crippen LogP contribution in [0.3, 0.4) is 0 Å². The van der Waals surface area contributed by atoms with E-state index in [4.69, 9.17) is 10.5 Å². The van der Waals surface area contributed by atoms with E-state index in [0.29, 0.717) is 5.96 Å². The predicted octanol–water partition coefficient (Wildman–Crippen LogP) is 3.67. The number of nitrogens with two attached hydrogens (primary N) is 1. The quantitative estimate of drug-likeness (QED) is 0.198. The molecule has 1 heterocycles. The molecule has 0 atom stereocenters. The summed E-state index contributed by atoms with van der Waals surface area (Å²) in [5, 5.41) is 3.21. The van der Waals surface area contributed by atoms with Crippen molar-refractivity contribution in [1.82, 2.24) is 10.2 Å². The maximum Gasteiger partial charge on any atom is 0.188 e. The Labute approximate surface area is 188 Å². The molecule has 160 valence electrons. The van der Waals surface area contributed by atoms with Crippen molar-refractivity contribution in [3.63, 3.8) is 0 Å². The lowest BCUT2D eigenvalue weighted by Crippen LogP contribution is -2.36. The van der Waals surface area contributed by atoms with Gasteiger partial charge in [0.2, 0.25) is 0 Å². The van der Waals surface area contributed by atoms with Crippen LogP contribution in [-0.2, 0) is 11.2 Å². The zero-order valence-electron chi connectivity index (χ0n) is 17.4. The Balaban J connectivity index is 0.00000392. The Morgan fingerprint density at radius 3 is 2.64 bits per heavy atom. The number of likely N-dealkylation sites (tertiary alicyclic amines) is 1. The maximum absolute atomic E-state index is 5.88. The number of benzene rings is 1. The van der Waals surface area contributed by atoms with Gasteiger partial charge in [-0.1, -0.05) is 30.3 Å². The number of halogens is 1. The van der Waals surface area contributed by atoms with Gasteiger partial charge in [-0.25, -0.2) is 0 Å². The zero-order valence-corrected chi connectivity index (χ0v) is 19.8. The molecule has 0 radical (unpaired) electrons. The Morgan fingerprint density at radius 1 is 1.18 bits per heavy atom. The molecule has 1 fully saturated rings. The molecule has 0 spiro atoms. The highest BCUT2D eigenvalue weighted by Gasteiger charge is 2.18. The Morgan fingerprint density at radius 2 is 1.93 bits per heavy atom. The molecule has 0 bridgehead atoms. The topological polar surface area (TPSA) is 62.9 Å². The number of guanidine groups is 1. The molecule has 1 aromatic rings. The van der Waals surface area contributed by atoms with E-state index in [9.17, 15) is 0 Å². The standard InChI is InChI=1S/C22H38N4O.HI/c1-2-27-18-8-14-25-22(23)24-13-6-7-15-26-16-11-21(12-17-26)19-20-9-4-3-5-10-20;/h3-5,9-10,21H,2,6-8,11-19H2,1H3,(H3,23,24,25);1H. The number of piperidine rings is 1. The molecular formula is C22H39IN4O. The monoisotopic (exact) mass is 502 g/mol. The fourth-order valence-corrected chi connectivity index (χ4v) is 3.60. The molecule has 3 N–H and O–H groups in total. The van der Waals surface area contributed by atoms with Crippen LogP contribution in [0.4, 0.5) is 0 Å². The lowest BCUT2D eigenvalue weighted by atomic mass is 9.90. The minimum atomic E-state index is 0. The Bertz CT molecular complexity index is 519. The number of aliphatic imine (C=N–C) groups is 1. The van der Waals surface area contributed by atoms with Gasteiger partial charge in [0, 0.05) is 26.3 Å². The highest BCUT2D eigenvalue weighted by atomic mass is 127. The van der Waals surface area contributed by atoms with Crippen LogP contribution < -0.4 is 11.1 Å². The van der Waals surface area contributed by atoms with Crippen molar-refractivity contribution in [3.05, 3.63) is 35.9 Å². The van der Waals surface area contributed by atoms with Gasteiger partial charge in [-0.05, 0) is 76.6 Å². The summed E-state index contributed by atoms with van der Waals surface area (Å²) in [5.41, 5.74) is 7.37. The lowest BCUT2D eigenvalue weighted by molar-refractivity contribution is 0.146. The SMILES string of the molecule is CCOCCCN=C(N)NCCCCN1CCC(Cc2ccccc2)CC1.I. The molecule has 2 rings (SSSR count). The van der Waals surface area contributed by atoms with Crippen LogP contribution in [0.25, 0.3) is 0 Å². The number of nitrogens with one attached hydrogen (secondary N) is 1. The molecule has 1 saturated heterocycles. The van der Waals surface area contributed by atoms with Crippen LogP contribution in [0.15, 0.2) is 35.3 Å². The van der Waals surface area contributed by atoms with E-state index in [-0.39, 0.29) is 24.0 Å². The summed E-state index contributed by atoms with van der Waals surface area (Å²) in [7, 11) is 0. The largest absolute Gasteiger partial charge is 0.382 e. The molecule has 0 amide bonds. The molecule has 5 nitrogen and oxygen atoms in total. The van der Waals surface area contributed by atoms with Crippen molar-refractivity contribution in [3.8, 4) is 0 Å². The molecule has 0 saturated carbocycles. The molecule has 1 aromatic carbocycles. The van der Waals surface area contributed by atoms with Crippen LogP contribution in [0.1, 0.15) is 44.6 Å². The first kappa shape index (κ1) is 25.2. The first-order chi connectivity index (χ1) is 13.3. The first-order valence-corrected chi connectivity index (χ1v) is 10.7. The highest BCUT2D eigenvalue weighted by Crippen LogP contribution is 2.21. The van der Waals surface area contributed by atoms with E-state index in [1.807, 2.05) is 6.92 Å². The third kappa shape index (κ3) is 11.2. The summed E-state index contributed by atoms with van der Waals surface area (Å²) >= 11 is 0. The molecule has 0 aromatic heterocycles. The van der Waals surface area contributed by atoms with Crippen LogP contribution in [0.2, 0.25) is 0 Å². The summed E-state index contributed by atoms with van der Waals surface area (Å²) in [5.74, 6) is 1.41. The number of rotatable bonds is 12. The minimum absolute atomic E-state index is 0. The van der Waals surface area contributed by atoms with Crippen LogP contribution in [0, 0.1) is 5.92 Å². The fraction of sp³-hybridized carbons (Fsp3) is 0.682. The van der Waals surface area contributed by atoms with Gasteiger partial charge in [-0.15, -0.1) is 24.0 Å². The number of unbranched alkanes of at least 4 members (excludes halogenated alkanes) is 1. The van der Waals surface area contributed by atoms with E-state index in [1.54, 1.807) is 0 Å². The molecule has 0 unspecified atom stereocenters.